The third kappa shape index (κ3) is 37.9. The second kappa shape index (κ2) is 53.9. The van der Waals surface area contributed by atoms with Gasteiger partial charge in [0.15, 0.2) is 5.96 Å². The number of nitrogens with zero attached hydrogens (tertiary/aromatic N) is 2. The topological polar surface area (TPSA) is 673 Å². The molecule has 119 heavy (non-hydrogen) atoms. The smallest absolute Gasteiger partial charge is 0.326 e. The minimum atomic E-state index is -1.87. The van der Waals surface area contributed by atoms with Crippen LogP contribution in [0.4, 0.5) is 0 Å². The van der Waals surface area contributed by atoms with Gasteiger partial charge in [0.2, 0.25) is 88.6 Å². The number of imidazole rings is 1. The van der Waals surface area contributed by atoms with Gasteiger partial charge in [-0.15, -0.1) is 0 Å². The van der Waals surface area contributed by atoms with Gasteiger partial charge in [-0.05, 0) is 132 Å². The highest BCUT2D eigenvalue weighted by Gasteiger charge is 2.40. The fraction of sp³-hybridized carbons (Fsp3) is 0.590. The van der Waals surface area contributed by atoms with E-state index in [1.807, 2.05) is 0 Å². The van der Waals surface area contributed by atoms with Gasteiger partial charge in [0, 0.05) is 44.1 Å². The molecule has 1 heterocycles. The Morgan fingerprint density at radius 3 is 1.26 bits per heavy atom. The Balaban J connectivity index is 1.99. The number of hydrogen-bond acceptors (Lipinski definition) is 22. The zero-order chi connectivity index (χ0) is 89.0. The molecule has 3 aromatic rings. The number of nitrogens with one attached hydrogen (secondary N) is 14. The summed E-state index contributed by atoms with van der Waals surface area (Å²) >= 11 is 1.33. The molecule has 3 rings (SSSR count). The molecule has 1 aromatic heterocycles. The van der Waals surface area contributed by atoms with Crippen LogP contribution in [0.1, 0.15) is 156 Å². The van der Waals surface area contributed by atoms with Crippen molar-refractivity contribution >= 4 is 112 Å². The van der Waals surface area contributed by atoms with Crippen molar-refractivity contribution in [3.63, 3.8) is 0 Å². The van der Waals surface area contributed by atoms with E-state index in [9.17, 15) is 81.8 Å². The fourth-order valence-electron chi connectivity index (χ4n) is 12.1. The Bertz CT molecular complexity index is 3840. The molecular weight excluding hydrogens is 1560 g/mol. The number of primary amides is 2. The van der Waals surface area contributed by atoms with E-state index in [4.69, 9.17) is 40.1 Å². The lowest BCUT2D eigenvalue weighted by molar-refractivity contribution is -0.142. The predicted molar refractivity (Wildman–Crippen MR) is 445 cm³/mol. The standard InChI is InChI=1S/C78H125N23O17S/c1-10-44(6)63(101-73(113)56(37-48-24-15-12-16-25-48)97-75(115)62(43(4)5)100-65(105)46(8)89-66(106)53(31-35-119-9)92-69(109)52(29-30-59(82)102)93-74(114)61(42(2)3)99-64(104)45(7)81)76(116)98-57(38-49-40-86-41-88-49)71(111)96-58(39-60(83)103)72(112)95-55(36-47-22-13-11-14-23-47)70(110)91-50(26-17-19-32-79)67(107)90-51(28-21-34-87-78(84)85)68(108)94-54(77(117)118)27-18-20-33-80/h11-16,22-25,40-46,50-58,61-63H,10,17-21,26-39,79-81H2,1-9H3,(H2,82,102)(H2,83,103)(H,86,88)(H,89,106)(H,90,107)(H,91,110)(H,92,109)(H,93,114)(H,94,108)(H,95,112)(H,96,111)(H,97,115)(H,98,116)(H,99,104)(H,100,105)(H,101,113)(H,117,118)(H4,84,85,87)/t44-,45-,46-,50-,51-,52-,53-,54-,55-,56-,57-,58-,61-,62-,63-/m0/s1. The number of aromatic nitrogens is 2. The molecule has 660 valence electrons. The number of carbonyl (C=O) groups is 16. The summed E-state index contributed by atoms with van der Waals surface area (Å²) < 4.78 is 0. The van der Waals surface area contributed by atoms with Crippen LogP contribution in [-0.4, -0.2) is 232 Å². The Morgan fingerprint density at radius 1 is 0.437 bits per heavy atom. The number of unbranched alkanes of at least 4 members (excludes halogenated alkanes) is 2. The molecule has 0 fully saturated rings. The number of thioether (sulfide) groups is 1. The first-order valence-corrected chi connectivity index (χ1v) is 41.2. The summed E-state index contributed by atoms with van der Waals surface area (Å²) in [5.41, 5.74) is 40.7. The minimum absolute atomic E-state index is 0.0118. The number of nitrogens with two attached hydrogens (primary N) is 7. The van der Waals surface area contributed by atoms with Crippen LogP contribution in [0.5, 0.6) is 0 Å². The number of carboxylic acid groups (broad SMARTS) is 1. The molecule has 41 heteroatoms. The quantitative estimate of drug-likeness (QED) is 0.0145. The van der Waals surface area contributed by atoms with Gasteiger partial charge in [-0.3, -0.25) is 76.9 Å². The first-order valence-electron chi connectivity index (χ1n) is 39.8. The van der Waals surface area contributed by atoms with E-state index < -0.39 is 203 Å². The number of amides is 15. The SMILES string of the molecule is CC[C@H](C)[C@H](NC(=O)[C@H](Cc1ccccc1)NC(=O)[C@@H](NC(=O)[C@H](C)NC(=O)[C@H](CCSC)NC(=O)[C@H](CCC(N)=O)NC(=O)[C@@H](NC(=O)[C@H](C)N)C(C)C)C(C)C)C(=O)N[C@@H](Cc1cnc[nH]1)C(=O)N[C@@H](CC(N)=O)C(=O)N[C@@H](Cc1ccccc1)C(=O)N[C@@H](CCCCN)C(=O)N[C@@H](CCCN=C(N)N)C(=O)N[C@@H](CCCCN)C(=O)O. The number of guanidine groups is 1. The summed E-state index contributed by atoms with van der Waals surface area (Å²) in [4.78, 5) is 234. The van der Waals surface area contributed by atoms with E-state index in [-0.39, 0.29) is 108 Å². The van der Waals surface area contributed by atoms with Crippen LogP contribution in [0.2, 0.25) is 0 Å². The Morgan fingerprint density at radius 2 is 0.824 bits per heavy atom. The molecule has 0 saturated carbocycles. The second-order valence-electron chi connectivity index (χ2n) is 29.9. The largest absolute Gasteiger partial charge is 0.480 e. The third-order valence-corrected chi connectivity index (χ3v) is 19.9. The van der Waals surface area contributed by atoms with Crippen LogP contribution in [0.3, 0.4) is 0 Å². The fourth-order valence-corrected chi connectivity index (χ4v) is 12.6. The molecule has 0 bridgehead atoms. The lowest BCUT2D eigenvalue weighted by Crippen LogP contribution is -2.62. The summed E-state index contributed by atoms with van der Waals surface area (Å²) in [6.07, 6.45) is 3.79. The third-order valence-electron chi connectivity index (χ3n) is 19.2. The number of rotatable bonds is 57. The van der Waals surface area contributed by atoms with Crippen molar-refractivity contribution in [3.8, 4) is 0 Å². The molecule has 29 N–H and O–H groups in total. The molecule has 0 aliphatic carbocycles. The predicted octanol–water partition coefficient (Wildman–Crippen LogP) is -4.24. The normalized spacial score (nSPS) is 14.9. The maximum atomic E-state index is 15.0. The average molecular weight is 1690 g/mol. The molecule has 0 spiro atoms. The van der Waals surface area contributed by atoms with E-state index >= 15 is 0 Å². The van der Waals surface area contributed by atoms with Crippen molar-refractivity contribution in [2.24, 2.45) is 62.9 Å². The van der Waals surface area contributed by atoms with Gasteiger partial charge in [0.25, 0.3) is 0 Å². The van der Waals surface area contributed by atoms with Gasteiger partial charge in [0.05, 0.1) is 18.8 Å². The summed E-state index contributed by atoms with van der Waals surface area (Å²) in [6, 6.07) is -3.13. The van der Waals surface area contributed by atoms with E-state index in [0.717, 1.165) is 0 Å². The number of benzene rings is 2. The molecule has 40 nitrogen and oxygen atoms in total. The van der Waals surface area contributed by atoms with Crippen molar-refractivity contribution < 1.29 is 81.8 Å². The van der Waals surface area contributed by atoms with Crippen LogP contribution < -0.4 is 109 Å². The Kier molecular flexibility index (Phi) is 46.1. The molecule has 15 atom stereocenters. The van der Waals surface area contributed by atoms with Gasteiger partial charge < -0.3 is 119 Å². The van der Waals surface area contributed by atoms with Crippen molar-refractivity contribution in [3.05, 3.63) is 90.0 Å². The van der Waals surface area contributed by atoms with E-state index in [1.165, 1.54) is 38.1 Å². The monoisotopic (exact) mass is 1690 g/mol. The summed E-state index contributed by atoms with van der Waals surface area (Å²) in [5.74, 6) is -16.7. The van der Waals surface area contributed by atoms with Gasteiger partial charge in [-0.25, -0.2) is 9.78 Å². The number of H-pyrrole nitrogens is 1. The van der Waals surface area contributed by atoms with Crippen LogP contribution in [-0.2, 0) is 96.0 Å². The minimum Gasteiger partial charge on any atom is -0.480 e. The first kappa shape index (κ1) is 102. The molecule has 0 aliphatic heterocycles. The highest BCUT2D eigenvalue weighted by molar-refractivity contribution is 7.98. The van der Waals surface area contributed by atoms with Crippen molar-refractivity contribution in [2.75, 3.05) is 31.6 Å². The van der Waals surface area contributed by atoms with Gasteiger partial charge in [-0.1, -0.05) is 109 Å². The first-order chi connectivity index (χ1) is 56.3. The lowest BCUT2D eigenvalue weighted by Gasteiger charge is -2.30. The highest BCUT2D eigenvalue weighted by atomic mass is 32.2. The maximum absolute atomic E-state index is 15.0. The van der Waals surface area contributed by atoms with Gasteiger partial charge >= 0.3 is 5.97 Å². The van der Waals surface area contributed by atoms with E-state index in [2.05, 4.69) is 84.1 Å². The number of hydrogen-bond donors (Lipinski definition) is 22. The molecule has 15 amide bonds. The zero-order valence-corrected chi connectivity index (χ0v) is 70.0. The number of carbonyl (C=O) groups excluding carboxylic acids is 15. The van der Waals surface area contributed by atoms with Crippen LogP contribution >= 0.6 is 11.8 Å². The summed E-state index contributed by atoms with van der Waals surface area (Å²) in [7, 11) is 0. The molecule has 0 radical (unpaired) electrons. The number of aliphatic carboxylic acids is 1. The Labute approximate surface area is 697 Å². The average Bonchev–Trinajstić information content (AvgIpc) is 1.36. The van der Waals surface area contributed by atoms with Crippen LogP contribution in [0.15, 0.2) is 78.2 Å². The molecule has 0 aliphatic rings. The molecule has 2 aromatic carbocycles. The molecule has 0 unspecified atom stereocenters. The number of aliphatic imine (C=N–C) groups is 1. The summed E-state index contributed by atoms with van der Waals surface area (Å²) in [5, 5.41) is 44.0. The van der Waals surface area contributed by atoms with Crippen molar-refractivity contribution in [1.29, 1.82) is 0 Å². The van der Waals surface area contributed by atoms with E-state index in [1.54, 1.807) is 108 Å². The van der Waals surface area contributed by atoms with Crippen LogP contribution in [0.25, 0.3) is 0 Å². The van der Waals surface area contributed by atoms with Crippen molar-refractivity contribution in [1.82, 2.24) is 79.1 Å². The second-order valence-corrected chi connectivity index (χ2v) is 30.9. The van der Waals surface area contributed by atoms with Crippen molar-refractivity contribution in [2.45, 2.75) is 243 Å². The van der Waals surface area contributed by atoms with Crippen LogP contribution in [0, 0.1) is 17.8 Å². The van der Waals surface area contributed by atoms with Gasteiger partial charge in [-0.2, -0.15) is 11.8 Å². The lowest BCUT2D eigenvalue weighted by atomic mass is 9.96. The summed E-state index contributed by atoms with van der Waals surface area (Å²) in [6.45, 7) is 13.1. The van der Waals surface area contributed by atoms with E-state index in [0.29, 0.717) is 36.1 Å². The zero-order valence-electron chi connectivity index (χ0n) is 69.2. The maximum Gasteiger partial charge on any atom is 0.326 e. The molecular formula is C78H125N23O17S. The van der Waals surface area contributed by atoms with Gasteiger partial charge in [0.1, 0.15) is 78.5 Å². The highest BCUT2D eigenvalue weighted by Crippen LogP contribution is 2.17. The Hall–Kier alpha value is -11.3. The molecule has 0 saturated heterocycles. The number of carboxylic acids is 1. The number of aromatic amines is 1.